The largest absolute Gasteiger partial charge is 0.383 e. The highest BCUT2D eigenvalue weighted by Gasteiger charge is 2.16. The van der Waals surface area contributed by atoms with Crippen LogP contribution >= 0.6 is 0 Å². The van der Waals surface area contributed by atoms with Gasteiger partial charge in [-0.15, -0.1) is 0 Å². The number of nitrogens with one attached hydrogen (secondary N) is 1. The molecule has 120 valence electrons. The molecule has 0 radical (unpaired) electrons. The van der Waals surface area contributed by atoms with Gasteiger partial charge in [-0.3, -0.25) is 5.10 Å². The van der Waals surface area contributed by atoms with Crippen LogP contribution in [-0.2, 0) is 0 Å². The van der Waals surface area contributed by atoms with Gasteiger partial charge in [0, 0.05) is 18.7 Å². The molecule has 0 fully saturated rings. The summed E-state index contributed by atoms with van der Waals surface area (Å²) in [5.74, 6) is 1.53. The summed E-state index contributed by atoms with van der Waals surface area (Å²) in [5.41, 5.74) is 8.97. The Kier molecular flexibility index (Phi) is 4.46. The van der Waals surface area contributed by atoms with Gasteiger partial charge in [0.2, 0.25) is 0 Å². The number of aromatic amines is 1. The zero-order valence-corrected chi connectivity index (χ0v) is 13.7. The number of H-pyrrole nitrogens is 1. The molecule has 0 unspecified atom stereocenters. The lowest BCUT2D eigenvalue weighted by Crippen LogP contribution is -2.25. The summed E-state index contributed by atoms with van der Waals surface area (Å²) < 4.78 is 0. The Bertz CT molecular complexity index is 773. The molecular formula is C18H23N5. The van der Waals surface area contributed by atoms with E-state index in [0.717, 1.165) is 48.3 Å². The summed E-state index contributed by atoms with van der Waals surface area (Å²) in [5, 5.41) is 8.04. The van der Waals surface area contributed by atoms with E-state index < -0.39 is 0 Å². The smallest absolute Gasteiger partial charge is 0.185 e. The Morgan fingerprint density at radius 3 is 2.43 bits per heavy atom. The molecule has 0 bridgehead atoms. The first-order valence-electron chi connectivity index (χ1n) is 8.19. The monoisotopic (exact) mass is 309 g/mol. The van der Waals surface area contributed by atoms with E-state index in [9.17, 15) is 0 Å². The Morgan fingerprint density at radius 1 is 1.09 bits per heavy atom. The molecule has 5 heteroatoms. The second-order valence-electron chi connectivity index (χ2n) is 5.72. The van der Waals surface area contributed by atoms with Gasteiger partial charge < -0.3 is 10.6 Å². The van der Waals surface area contributed by atoms with Crippen LogP contribution in [0.4, 0.5) is 11.6 Å². The fraction of sp³-hybridized carbons (Fsp3) is 0.333. The van der Waals surface area contributed by atoms with E-state index in [1.807, 2.05) is 18.2 Å². The van der Waals surface area contributed by atoms with Gasteiger partial charge in [0.15, 0.2) is 5.65 Å². The van der Waals surface area contributed by atoms with Gasteiger partial charge >= 0.3 is 0 Å². The van der Waals surface area contributed by atoms with Crippen molar-refractivity contribution in [3.05, 3.63) is 36.4 Å². The standard InChI is InChI=1S/C18H23N5/c1-3-10-23(11-4-2)15-12-14(13-8-6-5-7-9-13)16-17(19)21-22-18(16)20-15/h5-9,12H,3-4,10-11H2,1-2H3,(H3,19,20,21,22). The summed E-state index contributed by atoms with van der Waals surface area (Å²) in [6.45, 7) is 6.35. The fourth-order valence-corrected chi connectivity index (χ4v) is 2.92. The topological polar surface area (TPSA) is 70.8 Å². The predicted octanol–water partition coefficient (Wildman–Crippen LogP) is 3.83. The van der Waals surface area contributed by atoms with Gasteiger partial charge in [-0.05, 0) is 24.5 Å². The molecule has 0 spiro atoms. The molecular weight excluding hydrogens is 286 g/mol. The van der Waals surface area contributed by atoms with Crippen LogP contribution < -0.4 is 10.6 Å². The number of pyridine rings is 1. The number of nitrogens with zero attached hydrogens (tertiary/aromatic N) is 3. The van der Waals surface area contributed by atoms with Crippen LogP contribution in [0.25, 0.3) is 22.2 Å². The van der Waals surface area contributed by atoms with Crippen molar-refractivity contribution in [2.24, 2.45) is 0 Å². The van der Waals surface area contributed by atoms with Crippen molar-refractivity contribution in [3.8, 4) is 11.1 Å². The quantitative estimate of drug-likeness (QED) is 0.726. The van der Waals surface area contributed by atoms with Crippen molar-refractivity contribution in [2.75, 3.05) is 23.7 Å². The van der Waals surface area contributed by atoms with Gasteiger partial charge in [-0.2, -0.15) is 5.10 Å². The van der Waals surface area contributed by atoms with Gasteiger partial charge in [0.1, 0.15) is 11.6 Å². The Labute approximate surface area is 136 Å². The maximum Gasteiger partial charge on any atom is 0.185 e. The highest BCUT2D eigenvalue weighted by atomic mass is 15.2. The molecule has 3 aromatic rings. The van der Waals surface area contributed by atoms with Crippen LogP contribution in [0.2, 0.25) is 0 Å². The van der Waals surface area contributed by atoms with E-state index in [1.165, 1.54) is 0 Å². The SMILES string of the molecule is CCCN(CCC)c1cc(-c2ccccc2)c2c(N)[nH]nc2n1. The molecule has 5 nitrogen and oxygen atoms in total. The van der Waals surface area contributed by atoms with Crippen LogP contribution in [0.5, 0.6) is 0 Å². The first kappa shape index (κ1) is 15.3. The summed E-state index contributed by atoms with van der Waals surface area (Å²) >= 11 is 0. The van der Waals surface area contributed by atoms with Crippen molar-refractivity contribution in [1.29, 1.82) is 0 Å². The number of hydrogen-bond acceptors (Lipinski definition) is 4. The van der Waals surface area contributed by atoms with E-state index in [-0.39, 0.29) is 0 Å². The summed E-state index contributed by atoms with van der Waals surface area (Å²) in [4.78, 5) is 7.04. The average Bonchev–Trinajstić information content (AvgIpc) is 2.96. The minimum Gasteiger partial charge on any atom is -0.383 e. The second kappa shape index (κ2) is 6.69. The molecule has 0 saturated carbocycles. The van der Waals surface area contributed by atoms with E-state index in [4.69, 9.17) is 10.7 Å². The Balaban J connectivity index is 2.18. The highest BCUT2D eigenvalue weighted by molar-refractivity contribution is 6.01. The third-order valence-corrected chi connectivity index (χ3v) is 3.93. The second-order valence-corrected chi connectivity index (χ2v) is 5.72. The molecule has 0 atom stereocenters. The zero-order valence-electron chi connectivity index (χ0n) is 13.7. The highest BCUT2D eigenvalue weighted by Crippen LogP contribution is 2.33. The van der Waals surface area contributed by atoms with Gasteiger partial charge in [0.25, 0.3) is 0 Å². The molecule has 0 aliphatic rings. The Hall–Kier alpha value is -2.56. The minimum absolute atomic E-state index is 0.565. The lowest BCUT2D eigenvalue weighted by atomic mass is 10.0. The number of nitrogen functional groups attached to an aromatic ring is 1. The molecule has 3 rings (SSSR count). The van der Waals surface area contributed by atoms with Crippen molar-refractivity contribution < 1.29 is 0 Å². The van der Waals surface area contributed by atoms with Crippen molar-refractivity contribution in [2.45, 2.75) is 26.7 Å². The normalized spacial score (nSPS) is 11.0. The third-order valence-electron chi connectivity index (χ3n) is 3.93. The third kappa shape index (κ3) is 2.99. The number of hydrogen-bond donors (Lipinski definition) is 2. The maximum atomic E-state index is 6.09. The van der Waals surface area contributed by atoms with Crippen LogP contribution in [0.3, 0.4) is 0 Å². The summed E-state index contributed by atoms with van der Waals surface area (Å²) in [6.07, 6.45) is 2.17. The molecule has 0 saturated heterocycles. The lowest BCUT2D eigenvalue weighted by molar-refractivity contribution is 0.735. The van der Waals surface area contributed by atoms with E-state index in [1.54, 1.807) is 0 Å². The lowest BCUT2D eigenvalue weighted by Gasteiger charge is -2.23. The molecule has 0 aliphatic carbocycles. The molecule has 0 aliphatic heterocycles. The molecule has 2 aromatic heterocycles. The van der Waals surface area contributed by atoms with E-state index >= 15 is 0 Å². The van der Waals surface area contributed by atoms with Crippen LogP contribution in [0, 0.1) is 0 Å². The van der Waals surface area contributed by atoms with Gasteiger partial charge in [-0.1, -0.05) is 44.2 Å². The zero-order chi connectivity index (χ0) is 16.2. The maximum absolute atomic E-state index is 6.09. The number of anilines is 2. The van der Waals surface area contributed by atoms with Crippen molar-refractivity contribution in [3.63, 3.8) is 0 Å². The van der Waals surface area contributed by atoms with E-state index in [0.29, 0.717) is 11.5 Å². The van der Waals surface area contributed by atoms with Crippen molar-refractivity contribution >= 4 is 22.7 Å². The number of nitrogens with two attached hydrogens (primary N) is 1. The molecule has 1 aromatic carbocycles. The fourth-order valence-electron chi connectivity index (χ4n) is 2.92. The van der Waals surface area contributed by atoms with E-state index in [2.05, 4.69) is 47.1 Å². The van der Waals surface area contributed by atoms with Crippen molar-refractivity contribution in [1.82, 2.24) is 15.2 Å². The average molecular weight is 309 g/mol. The minimum atomic E-state index is 0.565. The van der Waals surface area contributed by atoms with Crippen LogP contribution in [0.1, 0.15) is 26.7 Å². The first-order valence-corrected chi connectivity index (χ1v) is 8.19. The molecule has 3 N–H and O–H groups in total. The summed E-state index contributed by atoms with van der Waals surface area (Å²) in [7, 11) is 0. The number of fused-ring (bicyclic) bond motifs is 1. The Morgan fingerprint density at radius 2 is 1.78 bits per heavy atom. The number of aromatic nitrogens is 3. The molecule has 0 amide bonds. The number of benzene rings is 1. The van der Waals surface area contributed by atoms with Crippen LogP contribution in [-0.4, -0.2) is 28.3 Å². The van der Waals surface area contributed by atoms with Gasteiger partial charge in [0.05, 0.1) is 5.39 Å². The van der Waals surface area contributed by atoms with Gasteiger partial charge in [-0.25, -0.2) is 4.98 Å². The molecule has 23 heavy (non-hydrogen) atoms. The first-order chi connectivity index (χ1) is 11.2. The number of rotatable bonds is 6. The molecule has 2 heterocycles. The van der Waals surface area contributed by atoms with Crippen LogP contribution in [0.15, 0.2) is 36.4 Å². The summed E-state index contributed by atoms with van der Waals surface area (Å²) in [6, 6.07) is 12.4. The predicted molar refractivity (Wildman–Crippen MR) is 96.5 cm³/mol.